The maximum atomic E-state index is 13.3. The number of unbranched alkanes of at least 4 members (excludes halogenated alkanes) is 3. The number of aliphatic hydroxyl groups is 1. The lowest BCUT2D eigenvalue weighted by Crippen LogP contribution is -2.57. The number of hydrogen-bond acceptors (Lipinski definition) is 8. The molecular formula is C46H54N4O7. The van der Waals surface area contributed by atoms with Crippen LogP contribution in [0.4, 0.5) is 5.69 Å². The van der Waals surface area contributed by atoms with Gasteiger partial charge in [-0.2, -0.15) is 0 Å². The lowest BCUT2D eigenvalue weighted by molar-refractivity contribution is -0.253. The smallest absolute Gasteiger partial charge is 0.303 e. The first-order chi connectivity index (χ1) is 27.8. The van der Waals surface area contributed by atoms with E-state index < -0.39 is 17.8 Å². The topological polar surface area (TPSA) is 141 Å². The molecule has 0 radical (unpaired) electrons. The van der Waals surface area contributed by atoms with E-state index in [-0.39, 0.29) is 37.0 Å². The molecule has 300 valence electrons. The predicted octanol–water partition coefficient (Wildman–Crippen LogP) is 6.86. The molecule has 3 aliphatic rings. The zero-order valence-corrected chi connectivity index (χ0v) is 32.5. The monoisotopic (exact) mass is 774 g/mol. The maximum Gasteiger partial charge on any atom is 0.303 e. The summed E-state index contributed by atoms with van der Waals surface area (Å²) in [6.45, 7) is 3.19. The number of para-hydroxylation sites is 1. The quantitative estimate of drug-likeness (QED) is 0.0900. The van der Waals surface area contributed by atoms with Crippen LogP contribution >= 0.6 is 0 Å². The van der Waals surface area contributed by atoms with Crippen molar-refractivity contribution < 1.29 is 34.1 Å². The Balaban J connectivity index is 1.01. The van der Waals surface area contributed by atoms with Crippen LogP contribution in [0.1, 0.15) is 92.4 Å². The molecule has 11 heteroatoms. The Bertz CT molecular complexity index is 1970. The highest BCUT2D eigenvalue weighted by molar-refractivity contribution is 5.93. The van der Waals surface area contributed by atoms with Crippen molar-refractivity contribution in [1.29, 1.82) is 0 Å². The van der Waals surface area contributed by atoms with Gasteiger partial charge in [-0.05, 0) is 77.8 Å². The van der Waals surface area contributed by atoms with Gasteiger partial charge in [-0.25, -0.2) is 0 Å². The van der Waals surface area contributed by atoms with E-state index in [9.17, 15) is 19.5 Å². The van der Waals surface area contributed by atoms with Gasteiger partial charge in [0, 0.05) is 56.7 Å². The van der Waals surface area contributed by atoms with Crippen molar-refractivity contribution in [2.45, 2.75) is 95.0 Å². The fourth-order valence-corrected chi connectivity index (χ4v) is 8.39. The number of carbonyl (C=O) groups excluding carboxylic acids is 2. The molecule has 57 heavy (non-hydrogen) atoms. The molecule has 2 amide bonds. The molecule has 3 heterocycles. The summed E-state index contributed by atoms with van der Waals surface area (Å²) in [5.41, 5.74) is 6.33. The first-order valence-electron chi connectivity index (χ1n) is 20.3. The van der Waals surface area contributed by atoms with E-state index in [0.29, 0.717) is 39.0 Å². The largest absolute Gasteiger partial charge is 0.481 e. The molecule has 3 unspecified atom stereocenters. The fraction of sp³-hybridized carbons (Fsp3) is 0.413. The van der Waals surface area contributed by atoms with Crippen molar-refractivity contribution in [3.8, 4) is 11.1 Å². The number of anilines is 1. The summed E-state index contributed by atoms with van der Waals surface area (Å²) in [4.78, 5) is 41.2. The number of amides is 2. The van der Waals surface area contributed by atoms with Gasteiger partial charge in [-0.1, -0.05) is 91.7 Å². The van der Waals surface area contributed by atoms with E-state index in [1.807, 2.05) is 66.7 Å². The van der Waals surface area contributed by atoms with Crippen molar-refractivity contribution in [3.63, 3.8) is 0 Å². The Hall–Kier alpha value is -5.07. The second-order valence-electron chi connectivity index (χ2n) is 15.5. The van der Waals surface area contributed by atoms with E-state index >= 15 is 0 Å². The third kappa shape index (κ3) is 10.1. The summed E-state index contributed by atoms with van der Waals surface area (Å²) in [5, 5.41) is 24.6. The van der Waals surface area contributed by atoms with Gasteiger partial charge in [0.1, 0.15) is 5.54 Å². The number of carboxylic acid groups (broad SMARTS) is 1. The van der Waals surface area contributed by atoms with Crippen LogP contribution in [0.3, 0.4) is 0 Å². The number of piperidine rings is 1. The van der Waals surface area contributed by atoms with Crippen molar-refractivity contribution >= 4 is 23.5 Å². The molecule has 3 aliphatic heterocycles. The SMILES string of the molecule is O=C(O)CCCCCCC(=O)NCc1cccc(-c2cccc(C3OC(CN4CCC5(CC4)C(=O)NCN5c4ccccc4)CC(c4ccc(CO)cc4)O3)c2)c1. The molecule has 0 aliphatic carbocycles. The van der Waals surface area contributed by atoms with Gasteiger partial charge in [0.25, 0.3) is 0 Å². The minimum Gasteiger partial charge on any atom is -0.481 e. The lowest BCUT2D eigenvalue weighted by Gasteiger charge is -2.45. The summed E-state index contributed by atoms with van der Waals surface area (Å²) < 4.78 is 13.5. The second kappa shape index (κ2) is 18.9. The summed E-state index contributed by atoms with van der Waals surface area (Å²) in [6.07, 6.45) is 4.81. The van der Waals surface area contributed by atoms with Crippen molar-refractivity contribution in [2.24, 2.45) is 0 Å². The van der Waals surface area contributed by atoms with Crippen LogP contribution in [0.5, 0.6) is 0 Å². The van der Waals surface area contributed by atoms with Gasteiger partial charge in [0.05, 0.1) is 25.5 Å². The summed E-state index contributed by atoms with van der Waals surface area (Å²) in [7, 11) is 0. The van der Waals surface area contributed by atoms with Gasteiger partial charge in [-0.3, -0.25) is 14.4 Å². The van der Waals surface area contributed by atoms with Crippen LogP contribution in [0.2, 0.25) is 0 Å². The molecule has 4 aromatic rings. The third-order valence-electron chi connectivity index (χ3n) is 11.6. The number of nitrogens with zero attached hydrogens (tertiary/aromatic N) is 2. The lowest BCUT2D eigenvalue weighted by atomic mass is 9.85. The van der Waals surface area contributed by atoms with Gasteiger partial charge in [-0.15, -0.1) is 0 Å². The second-order valence-corrected chi connectivity index (χ2v) is 15.5. The third-order valence-corrected chi connectivity index (χ3v) is 11.6. The first-order valence-corrected chi connectivity index (χ1v) is 20.3. The van der Waals surface area contributed by atoms with E-state index in [2.05, 4.69) is 56.8 Å². The normalized spacial score (nSPS) is 20.7. The highest BCUT2D eigenvalue weighted by Crippen LogP contribution is 2.41. The van der Waals surface area contributed by atoms with Crippen molar-refractivity contribution in [3.05, 3.63) is 125 Å². The number of ether oxygens (including phenoxy) is 2. The fourth-order valence-electron chi connectivity index (χ4n) is 8.39. The number of carbonyl (C=O) groups is 3. The molecule has 0 saturated carbocycles. The number of nitrogens with one attached hydrogen (secondary N) is 2. The summed E-state index contributed by atoms with van der Waals surface area (Å²) in [5.74, 6) is -0.685. The molecule has 0 bridgehead atoms. The van der Waals surface area contributed by atoms with E-state index in [1.54, 1.807) is 0 Å². The average Bonchev–Trinajstić information content (AvgIpc) is 3.56. The maximum absolute atomic E-state index is 13.3. The first kappa shape index (κ1) is 40.1. The summed E-state index contributed by atoms with van der Waals surface area (Å²) in [6, 6.07) is 34.5. The predicted molar refractivity (Wildman–Crippen MR) is 218 cm³/mol. The van der Waals surface area contributed by atoms with Gasteiger partial charge >= 0.3 is 5.97 Å². The number of carboxylic acids is 1. The average molecular weight is 775 g/mol. The Morgan fingerprint density at radius 2 is 1.51 bits per heavy atom. The Kier molecular flexibility index (Phi) is 13.3. The van der Waals surface area contributed by atoms with E-state index in [4.69, 9.17) is 14.6 Å². The molecule has 3 fully saturated rings. The molecule has 7 rings (SSSR count). The van der Waals surface area contributed by atoms with Gasteiger partial charge < -0.3 is 40.1 Å². The highest BCUT2D eigenvalue weighted by Gasteiger charge is 2.50. The molecule has 1 spiro atoms. The molecule has 11 nitrogen and oxygen atoms in total. The molecule has 4 aromatic carbocycles. The van der Waals surface area contributed by atoms with E-state index in [1.165, 1.54) is 0 Å². The van der Waals surface area contributed by atoms with Crippen LogP contribution < -0.4 is 15.5 Å². The number of rotatable bonds is 16. The highest BCUT2D eigenvalue weighted by atomic mass is 16.7. The number of aliphatic hydroxyl groups excluding tert-OH is 1. The van der Waals surface area contributed by atoms with Crippen LogP contribution in [-0.4, -0.2) is 70.8 Å². The molecule has 3 saturated heterocycles. The standard InChI is InChI=1S/C46H54N4O7/c51-31-33-18-20-35(21-19-33)41-28-40(30-49-24-22-46(23-25-49)45(55)48-32-50(46)39-14-4-3-5-15-39)56-44(57-41)38-13-9-12-37(27-38)36-11-8-10-34(26-36)29-47-42(52)16-6-1-2-7-17-43(53)54/h3-5,8-15,18-21,26-27,40-41,44,51H,1-2,6-7,16-17,22-25,28-32H2,(H,47,52)(H,48,55)(H,53,54). The summed E-state index contributed by atoms with van der Waals surface area (Å²) >= 11 is 0. The number of benzene rings is 4. The van der Waals surface area contributed by atoms with Crippen molar-refractivity contribution in [1.82, 2.24) is 15.5 Å². The van der Waals surface area contributed by atoms with Crippen molar-refractivity contribution in [2.75, 3.05) is 31.2 Å². The van der Waals surface area contributed by atoms with Crippen LogP contribution in [0.15, 0.2) is 103 Å². The van der Waals surface area contributed by atoms with Gasteiger partial charge in [0.2, 0.25) is 11.8 Å². The number of aliphatic carboxylic acids is 1. The van der Waals surface area contributed by atoms with Crippen LogP contribution in [0.25, 0.3) is 11.1 Å². The zero-order chi connectivity index (χ0) is 39.6. The van der Waals surface area contributed by atoms with Crippen LogP contribution in [-0.2, 0) is 37.0 Å². The minimum absolute atomic E-state index is 0.00964. The van der Waals surface area contributed by atoms with Gasteiger partial charge in [0.15, 0.2) is 6.29 Å². The Morgan fingerprint density at radius 1 is 0.789 bits per heavy atom. The number of likely N-dealkylation sites (tertiary alicyclic amines) is 1. The molecule has 4 N–H and O–H groups in total. The molecule has 0 aromatic heterocycles. The Morgan fingerprint density at radius 3 is 2.25 bits per heavy atom. The van der Waals surface area contributed by atoms with E-state index in [0.717, 1.165) is 84.3 Å². The number of hydrogen-bond donors (Lipinski definition) is 4. The zero-order valence-electron chi connectivity index (χ0n) is 32.5. The molecule has 3 atom stereocenters. The Labute approximate surface area is 335 Å². The van der Waals surface area contributed by atoms with Crippen LogP contribution in [0, 0.1) is 0 Å². The molecular weight excluding hydrogens is 721 g/mol. The minimum atomic E-state index is -0.780.